The van der Waals surface area contributed by atoms with E-state index >= 15 is 0 Å². The van der Waals surface area contributed by atoms with Gasteiger partial charge in [0.05, 0.1) is 13.2 Å². The first-order valence-corrected chi connectivity index (χ1v) is 9.14. The Morgan fingerprint density at radius 1 is 1.38 bits per heavy atom. The summed E-state index contributed by atoms with van der Waals surface area (Å²) in [5.74, 6) is 1.13. The second-order valence-corrected chi connectivity index (χ2v) is 7.53. The van der Waals surface area contributed by atoms with E-state index in [1.165, 1.54) is 6.07 Å². The van der Waals surface area contributed by atoms with Crippen molar-refractivity contribution in [2.75, 3.05) is 26.8 Å². The molecule has 0 aliphatic heterocycles. The molecule has 1 aromatic rings. The van der Waals surface area contributed by atoms with Crippen LogP contribution in [0, 0.1) is 5.92 Å². The van der Waals surface area contributed by atoms with Crippen molar-refractivity contribution in [3.8, 4) is 0 Å². The standard InChI is InChI=1S/C13H23BrN2O4S/c1-10(2)4-6-19-7-5-16-21(17,18)12-8-11(9-15-3)20-13(12)14/h8,10,15-16H,4-7,9H2,1-3H3. The third-order valence-corrected chi connectivity index (χ3v) is 5.04. The molecule has 0 aliphatic rings. The maximum atomic E-state index is 12.1. The van der Waals surface area contributed by atoms with E-state index in [9.17, 15) is 8.42 Å². The number of hydrogen-bond acceptors (Lipinski definition) is 5. The van der Waals surface area contributed by atoms with E-state index in [4.69, 9.17) is 9.15 Å². The topological polar surface area (TPSA) is 80.6 Å². The molecule has 2 N–H and O–H groups in total. The SMILES string of the molecule is CNCc1cc(S(=O)(=O)NCCOCCC(C)C)c(Br)o1. The van der Waals surface area contributed by atoms with Crippen LogP contribution in [0.2, 0.25) is 0 Å². The van der Waals surface area contributed by atoms with E-state index in [2.05, 4.69) is 39.8 Å². The third kappa shape index (κ3) is 6.48. The summed E-state index contributed by atoms with van der Waals surface area (Å²) in [7, 11) is -1.83. The van der Waals surface area contributed by atoms with E-state index in [0.29, 0.717) is 31.4 Å². The van der Waals surface area contributed by atoms with Gasteiger partial charge in [0, 0.05) is 19.2 Å². The number of furan rings is 1. The summed E-state index contributed by atoms with van der Waals surface area (Å²) in [6, 6.07) is 1.50. The Labute approximate surface area is 134 Å². The third-order valence-electron chi connectivity index (χ3n) is 2.73. The molecule has 0 saturated carbocycles. The Morgan fingerprint density at radius 3 is 2.71 bits per heavy atom. The molecule has 0 aliphatic carbocycles. The molecule has 0 amide bonds. The molecule has 0 aromatic carbocycles. The molecule has 0 fully saturated rings. The normalized spacial score (nSPS) is 12.2. The number of rotatable bonds is 10. The summed E-state index contributed by atoms with van der Waals surface area (Å²) >= 11 is 3.13. The summed E-state index contributed by atoms with van der Waals surface area (Å²) in [5.41, 5.74) is 0. The predicted octanol–water partition coefficient (Wildman–Crippen LogP) is 2.10. The highest BCUT2D eigenvalue weighted by molar-refractivity contribution is 9.10. The number of hydrogen-bond donors (Lipinski definition) is 2. The van der Waals surface area contributed by atoms with Crippen molar-refractivity contribution in [2.45, 2.75) is 31.7 Å². The quantitative estimate of drug-likeness (QED) is 0.605. The molecular weight excluding hydrogens is 360 g/mol. The van der Waals surface area contributed by atoms with Gasteiger partial charge in [0.1, 0.15) is 10.7 Å². The predicted molar refractivity (Wildman–Crippen MR) is 84.6 cm³/mol. The van der Waals surface area contributed by atoms with Gasteiger partial charge >= 0.3 is 0 Å². The van der Waals surface area contributed by atoms with E-state index in [1.54, 1.807) is 7.05 Å². The lowest BCUT2D eigenvalue weighted by molar-refractivity contribution is 0.128. The molecular formula is C13H23BrN2O4S. The zero-order valence-electron chi connectivity index (χ0n) is 12.6. The Hall–Kier alpha value is -0.410. The van der Waals surface area contributed by atoms with Crippen LogP contribution in [-0.2, 0) is 21.3 Å². The monoisotopic (exact) mass is 382 g/mol. The lowest BCUT2D eigenvalue weighted by atomic mass is 10.1. The first-order chi connectivity index (χ1) is 9.86. The molecule has 0 spiro atoms. The molecule has 8 heteroatoms. The van der Waals surface area contributed by atoms with Crippen molar-refractivity contribution in [1.82, 2.24) is 10.0 Å². The van der Waals surface area contributed by atoms with Crippen molar-refractivity contribution in [3.05, 3.63) is 16.5 Å². The van der Waals surface area contributed by atoms with Crippen LogP contribution in [0.1, 0.15) is 26.0 Å². The Balaban J connectivity index is 2.46. The van der Waals surface area contributed by atoms with Gasteiger partial charge in [-0.25, -0.2) is 13.1 Å². The van der Waals surface area contributed by atoms with Crippen LogP contribution in [0.15, 0.2) is 20.0 Å². The molecule has 6 nitrogen and oxygen atoms in total. The lowest BCUT2D eigenvalue weighted by Gasteiger charge is -2.07. The van der Waals surface area contributed by atoms with Gasteiger partial charge in [-0.2, -0.15) is 0 Å². The number of ether oxygens (including phenoxy) is 1. The highest BCUT2D eigenvalue weighted by Gasteiger charge is 2.21. The van der Waals surface area contributed by atoms with Gasteiger partial charge in [-0.15, -0.1) is 0 Å². The summed E-state index contributed by atoms with van der Waals surface area (Å²) in [4.78, 5) is 0.106. The van der Waals surface area contributed by atoms with Crippen molar-refractivity contribution in [1.29, 1.82) is 0 Å². The molecule has 0 saturated heterocycles. The number of nitrogens with one attached hydrogen (secondary N) is 2. The summed E-state index contributed by atoms with van der Waals surface area (Å²) < 4.78 is 37.7. The summed E-state index contributed by atoms with van der Waals surface area (Å²) in [6.07, 6.45) is 0.966. The zero-order chi connectivity index (χ0) is 15.9. The summed E-state index contributed by atoms with van der Waals surface area (Å²) in [5, 5.41) is 2.90. The minimum Gasteiger partial charge on any atom is -0.452 e. The Kier molecular flexibility index (Phi) is 7.89. The Bertz CT molecular complexity index is 528. The average molecular weight is 383 g/mol. The van der Waals surface area contributed by atoms with Crippen LogP contribution >= 0.6 is 15.9 Å². The first-order valence-electron chi connectivity index (χ1n) is 6.87. The highest BCUT2D eigenvalue weighted by atomic mass is 79.9. The van der Waals surface area contributed by atoms with Gasteiger partial charge < -0.3 is 14.5 Å². The van der Waals surface area contributed by atoms with Crippen LogP contribution in [0.4, 0.5) is 0 Å². The number of sulfonamides is 1. The second kappa shape index (κ2) is 8.89. The van der Waals surface area contributed by atoms with Crippen LogP contribution in [-0.4, -0.2) is 35.2 Å². The highest BCUT2D eigenvalue weighted by Crippen LogP contribution is 2.25. The van der Waals surface area contributed by atoms with Gasteiger partial charge in [-0.05, 0) is 35.3 Å². The van der Waals surface area contributed by atoms with E-state index < -0.39 is 10.0 Å². The van der Waals surface area contributed by atoms with Crippen LogP contribution in [0.25, 0.3) is 0 Å². The van der Waals surface area contributed by atoms with Crippen LogP contribution in [0.3, 0.4) is 0 Å². The lowest BCUT2D eigenvalue weighted by Crippen LogP contribution is -2.27. The molecule has 1 rings (SSSR count). The van der Waals surface area contributed by atoms with Crippen LogP contribution in [0.5, 0.6) is 0 Å². The molecule has 21 heavy (non-hydrogen) atoms. The van der Waals surface area contributed by atoms with E-state index in [-0.39, 0.29) is 16.1 Å². The Morgan fingerprint density at radius 2 is 2.10 bits per heavy atom. The molecule has 0 bridgehead atoms. The molecule has 0 unspecified atom stereocenters. The number of halogens is 1. The minimum atomic E-state index is -3.59. The fourth-order valence-electron chi connectivity index (χ4n) is 1.59. The minimum absolute atomic E-state index is 0.106. The molecule has 0 radical (unpaired) electrons. The largest absolute Gasteiger partial charge is 0.452 e. The van der Waals surface area contributed by atoms with Crippen LogP contribution < -0.4 is 10.0 Å². The van der Waals surface area contributed by atoms with Gasteiger partial charge in [0.2, 0.25) is 10.0 Å². The zero-order valence-corrected chi connectivity index (χ0v) is 15.0. The van der Waals surface area contributed by atoms with Gasteiger partial charge in [-0.3, -0.25) is 0 Å². The van der Waals surface area contributed by atoms with E-state index in [1.807, 2.05) is 0 Å². The smallest absolute Gasteiger partial charge is 0.245 e. The first kappa shape index (κ1) is 18.6. The fourth-order valence-corrected chi connectivity index (χ4v) is 3.60. The van der Waals surface area contributed by atoms with Crippen molar-refractivity contribution in [3.63, 3.8) is 0 Å². The maximum Gasteiger partial charge on any atom is 0.245 e. The molecule has 1 aromatic heterocycles. The second-order valence-electron chi connectivity index (χ2n) is 5.07. The fraction of sp³-hybridized carbons (Fsp3) is 0.692. The molecule has 122 valence electrons. The van der Waals surface area contributed by atoms with Crippen molar-refractivity contribution in [2.24, 2.45) is 5.92 Å². The molecule has 1 heterocycles. The van der Waals surface area contributed by atoms with Gasteiger partial charge in [-0.1, -0.05) is 13.8 Å². The van der Waals surface area contributed by atoms with E-state index in [0.717, 1.165) is 6.42 Å². The summed E-state index contributed by atoms with van der Waals surface area (Å²) in [6.45, 7) is 5.92. The average Bonchev–Trinajstić information content (AvgIpc) is 2.75. The maximum absolute atomic E-state index is 12.1. The molecule has 0 atom stereocenters. The van der Waals surface area contributed by atoms with Crippen molar-refractivity contribution < 1.29 is 17.6 Å². The van der Waals surface area contributed by atoms with Gasteiger partial charge in [0.25, 0.3) is 0 Å². The van der Waals surface area contributed by atoms with Crippen molar-refractivity contribution >= 4 is 26.0 Å². The van der Waals surface area contributed by atoms with Gasteiger partial charge in [0.15, 0.2) is 4.67 Å².